The van der Waals surface area contributed by atoms with E-state index >= 15 is 0 Å². The number of nitrogens with one attached hydrogen (secondary N) is 1. The molecule has 1 amide bonds. The van der Waals surface area contributed by atoms with Crippen molar-refractivity contribution in [3.05, 3.63) is 70.3 Å². The molecule has 1 atom stereocenters. The molecule has 0 radical (unpaired) electrons. The molecule has 0 fully saturated rings. The third-order valence-electron chi connectivity index (χ3n) is 4.47. The van der Waals surface area contributed by atoms with Crippen LogP contribution in [0.3, 0.4) is 0 Å². The third kappa shape index (κ3) is 3.43. The lowest BCUT2D eigenvalue weighted by molar-refractivity contribution is 0.0940. The summed E-state index contributed by atoms with van der Waals surface area (Å²) < 4.78 is 0. The predicted molar refractivity (Wildman–Crippen MR) is 90.1 cm³/mol. The lowest BCUT2D eigenvalue weighted by atomic mass is 9.89. The Bertz CT molecular complexity index is 773. The van der Waals surface area contributed by atoms with E-state index < -0.39 is 0 Å². The van der Waals surface area contributed by atoms with Crippen LogP contribution in [-0.4, -0.2) is 5.91 Å². The van der Waals surface area contributed by atoms with E-state index in [0.29, 0.717) is 11.1 Å². The van der Waals surface area contributed by atoms with Gasteiger partial charge in [0.2, 0.25) is 0 Å². The highest BCUT2D eigenvalue weighted by atomic mass is 16.1. The molecule has 0 aromatic heterocycles. The number of benzene rings is 2. The summed E-state index contributed by atoms with van der Waals surface area (Å²) in [7, 11) is 0. The van der Waals surface area contributed by atoms with E-state index in [-0.39, 0.29) is 11.9 Å². The van der Waals surface area contributed by atoms with Crippen molar-refractivity contribution in [2.75, 3.05) is 0 Å². The van der Waals surface area contributed by atoms with E-state index in [1.807, 2.05) is 6.92 Å². The molecule has 1 aliphatic rings. The second-order valence-corrected chi connectivity index (χ2v) is 6.12. The average Bonchev–Trinajstić information content (AvgIpc) is 2.61. The number of nitriles is 1. The minimum absolute atomic E-state index is 0.0551. The third-order valence-corrected chi connectivity index (χ3v) is 4.47. The fourth-order valence-electron chi connectivity index (χ4n) is 3.12. The summed E-state index contributed by atoms with van der Waals surface area (Å²) in [6, 6.07) is 15.3. The van der Waals surface area contributed by atoms with E-state index in [4.69, 9.17) is 5.26 Å². The van der Waals surface area contributed by atoms with Crippen molar-refractivity contribution in [3.8, 4) is 6.07 Å². The van der Waals surface area contributed by atoms with E-state index in [1.165, 1.54) is 24.0 Å². The van der Waals surface area contributed by atoms with Crippen LogP contribution in [0.4, 0.5) is 0 Å². The van der Waals surface area contributed by atoms with Crippen LogP contribution in [0.2, 0.25) is 0 Å². The molecule has 0 bridgehead atoms. The van der Waals surface area contributed by atoms with Gasteiger partial charge in [-0.1, -0.05) is 24.3 Å². The van der Waals surface area contributed by atoms with E-state index in [2.05, 4.69) is 29.6 Å². The highest BCUT2D eigenvalue weighted by molar-refractivity contribution is 5.94. The Balaban J connectivity index is 1.74. The normalized spacial score (nSPS) is 14.4. The number of rotatable bonds is 3. The Labute approximate surface area is 137 Å². The second-order valence-electron chi connectivity index (χ2n) is 6.12. The number of nitrogens with zero attached hydrogens (tertiary/aromatic N) is 1. The molecular formula is C20H20N2O. The van der Waals surface area contributed by atoms with Gasteiger partial charge in [-0.15, -0.1) is 0 Å². The summed E-state index contributed by atoms with van der Waals surface area (Å²) >= 11 is 0. The van der Waals surface area contributed by atoms with Crippen LogP contribution < -0.4 is 5.32 Å². The summed E-state index contributed by atoms with van der Waals surface area (Å²) in [5.41, 5.74) is 5.02. The van der Waals surface area contributed by atoms with Crippen LogP contribution in [-0.2, 0) is 12.8 Å². The number of amides is 1. The van der Waals surface area contributed by atoms with Gasteiger partial charge < -0.3 is 5.32 Å². The molecule has 2 aromatic carbocycles. The van der Waals surface area contributed by atoms with Gasteiger partial charge in [0, 0.05) is 5.56 Å². The van der Waals surface area contributed by atoms with Crippen molar-refractivity contribution in [3.63, 3.8) is 0 Å². The summed E-state index contributed by atoms with van der Waals surface area (Å²) in [5.74, 6) is -0.146. The first-order valence-electron chi connectivity index (χ1n) is 8.10. The zero-order valence-corrected chi connectivity index (χ0v) is 13.3. The SMILES string of the molecule is C[C@@H](NC(=O)c1cccc(C#N)c1)c1ccc2c(c1)CCCC2. The summed E-state index contributed by atoms with van der Waals surface area (Å²) in [5, 5.41) is 12.0. The molecule has 23 heavy (non-hydrogen) atoms. The van der Waals surface area contributed by atoms with Crippen LogP contribution in [0.5, 0.6) is 0 Å². The van der Waals surface area contributed by atoms with Gasteiger partial charge in [-0.05, 0) is 67.5 Å². The first-order valence-corrected chi connectivity index (χ1v) is 8.10. The Morgan fingerprint density at radius 1 is 1.13 bits per heavy atom. The van der Waals surface area contributed by atoms with Gasteiger partial charge in [-0.25, -0.2) is 0 Å². The number of carbonyl (C=O) groups is 1. The topological polar surface area (TPSA) is 52.9 Å². The molecule has 0 unspecified atom stereocenters. The maximum absolute atomic E-state index is 12.4. The number of carbonyl (C=O) groups excluding carboxylic acids is 1. The maximum Gasteiger partial charge on any atom is 0.251 e. The van der Waals surface area contributed by atoms with Crippen LogP contribution in [0.1, 0.15) is 58.4 Å². The molecule has 116 valence electrons. The first kappa shape index (κ1) is 15.3. The largest absolute Gasteiger partial charge is 0.346 e. The van der Waals surface area contributed by atoms with E-state index in [1.54, 1.807) is 24.3 Å². The molecule has 3 nitrogen and oxygen atoms in total. The van der Waals surface area contributed by atoms with E-state index in [0.717, 1.165) is 18.4 Å². The minimum atomic E-state index is -0.146. The summed E-state index contributed by atoms with van der Waals surface area (Å²) in [6.07, 6.45) is 4.82. The van der Waals surface area contributed by atoms with Crippen molar-refractivity contribution in [1.82, 2.24) is 5.32 Å². The number of hydrogen-bond donors (Lipinski definition) is 1. The van der Waals surface area contributed by atoms with Gasteiger partial charge in [0.15, 0.2) is 0 Å². The average molecular weight is 304 g/mol. The minimum Gasteiger partial charge on any atom is -0.346 e. The molecule has 0 heterocycles. The number of aryl methyl sites for hydroxylation is 2. The highest BCUT2D eigenvalue weighted by Crippen LogP contribution is 2.25. The second kappa shape index (κ2) is 6.66. The predicted octanol–water partition coefficient (Wildman–Crippen LogP) is 3.93. The highest BCUT2D eigenvalue weighted by Gasteiger charge is 2.15. The Hall–Kier alpha value is -2.60. The number of hydrogen-bond acceptors (Lipinski definition) is 2. The number of fused-ring (bicyclic) bond motifs is 1. The zero-order valence-electron chi connectivity index (χ0n) is 13.3. The molecule has 0 saturated carbocycles. The summed E-state index contributed by atoms with van der Waals surface area (Å²) in [6.45, 7) is 2.00. The Morgan fingerprint density at radius 3 is 2.70 bits per heavy atom. The van der Waals surface area contributed by atoms with Gasteiger partial charge in [0.05, 0.1) is 17.7 Å². The molecule has 0 saturated heterocycles. The molecule has 0 aliphatic heterocycles. The lowest BCUT2D eigenvalue weighted by Crippen LogP contribution is -2.26. The summed E-state index contributed by atoms with van der Waals surface area (Å²) in [4.78, 5) is 12.4. The Kier molecular flexibility index (Phi) is 4.43. The molecular weight excluding hydrogens is 284 g/mol. The van der Waals surface area contributed by atoms with Gasteiger partial charge in [0.25, 0.3) is 5.91 Å². The zero-order chi connectivity index (χ0) is 16.2. The maximum atomic E-state index is 12.4. The van der Waals surface area contributed by atoms with Crippen molar-refractivity contribution in [1.29, 1.82) is 5.26 Å². The standard InChI is InChI=1S/C20H20N2O/c1-14(17-10-9-16-6-2-3-7-18(16)12-17)22-20(23)19-8-4-5-15(11-19)13-21/h4-5,8-12,14H,2-3,6-7H2,1H3,(H,22,23)/t14-/m1/s1. The smallest absolute Gasteiger partial charge is 0.251 e. The molecule has 1 aliphatic carbocycles. The molecule has 0 spiro atoms. The molecule has 2 aromatic rings. The monoisotopic (exact) mass is 304 g/mol. The van der Waals surface area contributed by atoms with E-state index in [9.17, 15) is 4.79 Å². The van der Waals surface area contributed by atoms with Gasteiger partial charge in [0.1, 0.15) is 0 Å². The van der Waals surface area contributed by atoms with Crippen molar-refractivity contribution in [2.45, 2.75) is 38.6 Å². The fraction of sp³-hybridized carbons (Fsp3) is 0.300. The quantitative estimate of drug-likeness (QED) is 0.934. The van der Waals surface area contributed by atoms with Crippen LogP contribution in [0.15, 0.2) is 42.5 Å². The van der Waals surface area contributed by atoms with Crippen molar-refractivity contribution < 1.29 is 4.79 Å². The van der Waals surface area contributed by atoms with Crippen molar-refractivity contribution in [2.24, 2.45) is 0 Å². The van der Waals surface area contributed by atoms with Crippen molar-refractivity contribution >= 4 is 5.91 Å². The molecule has 3 rings (SSSR count). The van der Waals surface area contributed by atoms with Gasteiger partial charge in [-0.3, -0.25) is 4.79 Å². The molecule has 1 N–H and O–H groups in total. The van der Waals surface area contributed by atoms with Crippen LogP contribution >= 0.6 is 0 Å². The first-order chi connectivity index (χ1) is 11.2. The Morgan fingerprint density at radius 2 is 1.91 bits per heavy atom. The van der Waals surface area contributed by atoms with Gasteiger partial charge in [-0.2, -0.15) is 5.26 Å². The van der Waals surface area contributed by atoms with Crippen LogP contribution in [0.25, 0.3) is 0 Å². The van der Waals surface area contributed by atoms with Crippen LogP contribution in [0, 0.1) is 11.3 Å². The lowest BCUT2D eigenvalue weighted by Gasteiger charge is -2.20. The van der Waals surface area contributed by atoms with Gasteiger partial charge >= 0.3 is 0 Å². The fourth-order valence-corrected chi connectivity index (χ4v) is 3.12. The molecule has 3 heteroatoms.